The first kappa shape index (κ1) is 13.1. The molecule has 0 radical (unpaired) electrons. The van der Waals surface area contributed by atoms with E-state index < -0.39 is 0 Å². The summed E-state index contributed by atoms with van der Waals surface area (Å²) in [6, 6.07) is 6.07. The molecule has 2 aromatic heterocycles. The predicted molar refractivity (Wildman–Crippen MR) is 75.8 cm³/mol. The lowest BCUT2D eigenvalue weighted by atomic mass is 10.2. The van der Waals surface area contributed by atoms with Gasteiger partial charge in [0.1, 0.15) is 5.82 Å². The lowest BCUT2D eigenvalue weighted by Crippen LogP contribution is -1.80. The van der Waals surface area contributed by atoms with E-state index in [1.165, 1.54) is 35.2 Å². The van der Waals surface area contributed by atoms with Gasteiger partial charge >= 0.3 is 0 Å². The van der Waals surface area contributed by atoms with Crippen LogP contribution in [0.1, 0.15) is 5.89 Å². The quantitative estimate of drug-likeness (QED) is 0.746. The summed E-state index contributed by atoms with van der Waals surface area (Å²) in [4.78, 5) is 4.18. The normalized spacial score (nSPS) is 10.8. The third-order valence-corrected chi connectivity index (χ3v) is 4.29. The van der Waals surface area contributed by atoms with Crippen LogP contribution in [-0.4, -0.2) is 15.2 Å². The van der Waals surface area contributed by atoms with Crippen LogP contribution in [0.5, 0.6) is 0 Å². The zero-order chi connectivity index (χ0) is 13.9. The molecule has 0 bridgehead atoms. The molecule has 0 aliphatic heterocycles. The van der Waals surface area contributed by atoms with Crippen molar-refractivity contribution in [2.45, 2.75) is 10.1 Å². The second-order valence-electron chi connectivity index (χ2n) is 3.82. The molecule has 0 atom stereocenters. The number of aromatic nitrogens is 3. The standard InChI is InChI=1S/C12H9FN4OS2/c13-8-3-1-7(2-4-8)9-5-15-10(18-9)6-19-12-17-16-11(14)20-12/h1-5H,6H2,(H2,14,16). The van der Waals surface area contributed by atoms with Gasteiger partial charge in [0.2, 0.25) is 11.0 Å². The van der Waals surface area contributed by atoms with E-state index in [1.807, 2.05) is 0 Å². The predicted octanol–water partition coefficient (Wildman–Crippen LogP) is 3.21. The molecule has 0 spiro atoms. The Labute approximate surface area is 122 Å². The van der Waals surface area contributed by atoms with Crippen molar-refractivity contribution in [1.82, 2.24) is 15.2 Å². The highest BCUT2D eigenvalue weighted by atomic mass is 32.2. The Kier molecular flexibility index (Phi) is 3.66. The Hall–Kier alpha value is -1.93. The molecule has 5 nitrogen and oxygen atoms in total. The Morgan fingerprint density at radius 1 is 1.25 bits per heavy atom. The van der Waals surface area contributed by atoms with Crippen LogP contribution in [0.25, 0.3) is 11.3 Å². The highest BCUT2D eigenvalue weighted by molar-refractivity contribution is 8.00. The van der Waals surface area contributed by atoms with Crippen molar-refractivity contribution < 1.29 is 8.81 Å². The van der Waals surface area contributed by atoms with Gasteiger partial charge in [-0.15, -0.1) is 10.2 Å². The molecule has 0 saturated carbocycles. The minimum Gasteiger partial charge on any atom is -0.440 e. The molecule has 1 aromatic carbocycles. The van der Waals surface area contributed by atoms with Crippen molar-refractivity contribution in [2.75, 3.05) is 5.73 Å². The van der Waals surface area contributed by atoms with Crippen LogP contribution in [-0.2, 0) is 5.75 Å². The minimum atomic E-state index is -0.280. The number of halogens is 1. The van der Waals surface area contributed by atoms with Gasteiger partial charge in [0.05, 0.1) is 11.9 Å². The number of nitrogens with zero attached hydrogens (tertiary/aromatic N) is 3. The molecule has 2 N–H and O–H groups in total. The van der Waals surface area contributed by atoms with Gasteiger partial charge in [0, 0.05) is 5.56 Å². The first-order chi connectivity index (χ1) is 9.70. The van der Waals surface area contributed by atoms with Crippen LogP contribution in [0.15, 0.2) is 39.2 Å². The SMILES string of the molecule is Nc1nnc(SCc2ncc(-c3ccc(F)cc3)o2)s1. The van der Waals surface area contributed by atoms with Gasteiger partial charge in [0.25, 0.3) is 0 Å². The Balaban J connectivity index is 1.69. The van der Waals surface area contributed by atoms with E-state index in [0.29, 0.717) is 22.5 Å². The maximum atomic E-state index is 12.8. The number of thioether (sulfide) groups is 1. The van der Waals surface area contributed by atoms with Gasteiger partial charge < -0.3 is 10.2 Å². The summed E-state index contributed by atoms with van der Waals surface area (Å²) in [7, 11) is 0. The number of anilines is 1. The van der Waals surface area contributed by atoms with Crippen LogP contribution in [0, 0.1) is 5.82 Å². The number of rotatable bonds is 4. The van der Waals surface area contributed by atoms with Crippen LogP contribution in [0.2, 0.25) is 0 Å². The molecule has 0 fully saturated rings. The second kappa shape index (κ2) is 5.59. The lowest BCUT2D eigenvalue weighted by molar-refractivity contribution is 0.530. The number of hydrogen-bond acceptors (Lipinski definition) is 7. The molecule has 0 unspecified atom stereocenters. The molecule has 0 amide bonds. The van der Waals surface area contributed by atoms with E-state index in [4.69, 9.17) is 10.2 Å². The summed E-state index contributed by atoms with van der Waals surface area (Å²) >= 11 is 2.77. The fraction of sp³-hybridized carbons (Fsp3) is 0.0833. The topological polar surface area (TPSA) is 77.8 Å². The van der Waals surface area contributed by atoms with Gasteiger partial charge in [-0.25, -0.2) is 9.37 Å². The molecular formula is C12H9FN4OS2. The molecule has 20 heavy (non-hydrogen) atoms. The first-order valence-electron chi connectivity index (χ1n) is 5.63. The van der Waals surface area contributed by atoms with Crippen molar-refractivity contribution in [3.63, 3.8) is 0 Å². The van der Waals surface area contributed by atoms with Crippen LogP contribution in [0.3, 0.4) is 0 Å². The van der Waals surface area contributed by atoms with Crippen molar-refractivity contribution in [3.8, 4) is 11.3 Å². The molecule has 0 aliphatic rings. The van der Waals surface area contributed by atoms with Gasteiger partial charge in [-0.1, -0.05) is 23.1 Å². The largest absolute Gasteiger partial charge is 0.440 e. The van der Waals surface area contributed by atoms with E-state index >= 15 is 0 Å². The maximum Gasteiger partial charge on any atom is 0.205 e. The summed E-state index contributed by atoms with van der Waals surface area (Å²) in [5.41, 5.74) is 6.29. The monoisotopic (exact) mass is 308 g/mol. The van der Waals surface area contributed by atoms with Gasteiger partial charge in [-0.05, 0) is 24.3 Å². The van der Waals surface area contributed by atoms with E-state index in [1.54, 1.807) is 18.3 Å². The van der Waals surface area contributed by atoms with Crippen molar-refractivity contribution in [2.24, 2.45) is 0 Å². The highest BCUT2D eigenvalue weighted by Gasteiger charge is 2.09. The molecule has 3 rings (SSSR count). The fourth-order valence-corrected chi connectivity index (χ4v) is 3.02. The maximum absolute atomic E-state index is 12.8. The van der Waals surface area contributed by atoms with Gasteiger partial charge in [0.15, 0.2) is 10.1 Å². The van der Waals surface area contributed by atoms with Crippen LogP contribution in [0.4, 0.5) is 9.52 Å². The number of benzene rings is 1. The van der Waals surface area contributed by atoms with Crippen molar-refractivity contribution >= 4 is 28.2 Å². The van der Waals surface area contributed by atoms with Gasteiger partial charge in [-0.2, -0.15) is 0 Å². The van der Waals surface area contributed by atoms with Crippen LogP contribution >= 0.6 is 23.1 Å². The van der Waals surface area contributed by atoms with E-state index in [2.05, 4.69) is 15.2 Å². The fourth-order valence-electron chi connectivity index (χ4n) is 1.53. The second-order valence-corrected chi connectivity index (χ2v) is 6.05. The third kappa shape index (κ3) is 2.97. The number of oxazole rings is 1. The van der Waals surface area contributed by atoms with Crippen molar-refractivity contribution in [1.29, 1.82) is 0 Å². The molecule has 3 aromatic rings. The van der Waals surface area contributed by atoms with E-state index in [0.717, 1.165) is 9.90 Å². The molecular weight excluding hydrogens is 299 g/mol. The summed E-state index contributed by atoms with van der Waals surface area (Å²) in [5.74, 6) is 1.44. The molecule has 2 heterocycles. The summed E-state index contributed by atoms with van der Waals surface area (Å²) in [6.45, 7) is 0. The minimum absolute atomic E-state index is 0.280. The average Bonchev–Trinajstić information content (AvgIpc) is 3.06. The molecule has 0 saturated heterocycles. The molecule has 0 aliphatic carbocycles. The Morgan fingerprint density at radius 3 is 2.75 bits per heavy atom. The average molecular weight is 308 g/mol. The van der Waals surface area contributed by atoms with Crippen molar-refractivity contribution in [3.05, 3.63) is 42.2 Å². The first-order valence-corrected chi connectivity index (χ1v) is 7.43. The van der Waals surface area contributed by atoms with Crippen LogP contribution < -0.4 is 5.73 Å². The van der Waals surface area contributed by atoms with Gasteiger partial charge in [-0.3, -0.25) is 0 Å². The zero-order valence-electron chi connectivity index (χ0n) is 10.1. The lowest BCUT2D eigenvalue weighted by Gasteiger charge is -1.95. The number of nitrogens with two attached hydrogens (primary N) is 1. The Bertz CT molecular complexity index is 710. The van der Waals surface area contributed by atoms with E-state index in [-0.39, 0.29) is 5.82 Å². The molecule has 8 heteroatoms. The Morgan fingerprint density at radius 2 is 2.05 bits per heavy atom. The summed E-state index contributed by atoms with van der Waals surface area (Å²) < 4.78 is 19.2. The third-order valence-electron chi connectivity index (χ3n) is 2.42. The summed E-state index contributed by atoms with van der Waals surface area (Å²) in [6.07, 6.45) is 1.62. The van der Waals surface area contributed by atoms with E-state index in [9.17, 15) is 4.39 Å². The highest BCUT2D eigenvalue weighted by Crippen LogP contribution is 2.28. The summed E-state index contributed by atoms with van der Waals surface area (Å²) in [5, 5.41) is 8.07. The molecule has 102 valence electrons. The zero-order valence-corrected chi connectivity index (χ0v) is 11.7. The smallest absolute Gasteiger partial charge is 0.205 e. The number of nitrogen functional groups attached to an aromatic ring is 1. The number of hydrogen-bond donors (Lipinski definition) is 1.